The molecule has 1 atom stereocenters. The van der Waals surface area contributed by atoms with Gasteiger partial charge in [0.2, 0.25) is 0 Å². The number of aliphatic hydroxyl groups excluding tert-OH is 1. The van der Waals surface area contributed by atoms with E-state index in [1.54, 1.807) is 18.5 Å². The summed E-state index contributed by atoms with van der Waals surface area (Å²) in [5.74, 6) is 0. The molecular formula is C14H13Cl2NO. The Labute approximate surface area is 116 Å². The number of aliphatic hydroxyl groups is 1. The van der Waals surface area contributed by atoms with Crippen molar-refractivity contribution < 1.29 is 5.11 Å². The molecule has 0 saturated heterocycles. The van der Waals surface area contributed by atoms with Crippen LogP contribution in [-0.2, 0) is 12.8 Å². The van der Waals surface area contributed by atoms with Gasteiger partial charge in [0, 0.05) is 25.2 Å². The summed E-state index contributed by atoms with van der Waals surface area (Å²) in [6, 6.07) is 9.24. The topological polar surface area (TPSA) is 33.1 Å². The zero-order valence-corrected chi connectivity index (χ0v) is 11.2. The predicted molar refractivity (Wildman–Crippen MR) is 74.1 cm³/mol. The van der Waals surface area contributed by atoms with E-state index in [9.17, 15) is 5.11 Å². The number of rotatable bonds is 4. The molecule has 0 radical (unpaired) electrons. The summed E-state index contributed by atoms with van der Waals surface area (Å²) in [5, 5.41) is 11.1. The third-order valence-corrected chi connectivity index (χ3v) is 3.54. The molecule has 2 rings (SSSR count). The maximum Gasteiger partial charge on any atom is 0.0625 e. The van der Waals surface area contributed by atoms with Crippen molar-refractivity contribution in [2.24, 2.45) is 0 Å². The Morgan fingerprint density at radius 1 is 1.11 bits per heavy atom. The van der Waals surface area contributed by atoms with Crippen LogP contribution in [0, 0.1) is 0 Å². The van der Waals surface area contributed by atoms with Gasteiger partial charge >= 0.3 is 0 Å². The van der Waals surface area contributed by atoms with E-state index in [0.29, 0.717) is 22.9 Å². The first-order valence-electron chi connectivity index (χ1n) is 5.66. The molecule has 18 heavy (non-hydrogen) atoms. The lowest BCUT2D eigenvalue weighted by molar-refractivity contribution is 0.175. The molecule has 4 heteroatoms. The molecule has 1 aromatic heterocycles. The Hall–Kier alpha value is -1.09. The molecule has 2 aromatic rings. The summed E-state index contributed by atoms with van der Waals surface area (Å²) in [5.41, 5.74) is 1.86. The minimum atomic E-state index is -0.495. The normalized spacial score (nSPS) is 12.4. The van der Waals surface area contributed by atoms with Gasteiger partial charge in [0.25, 0.3) is 0 Å². The van der Waals surface area contributed by atoms with Crippen LogP contribution in [0.4, 0.5) is 0 Å². The number of hydrogen-bond acceptors (Lipinski definition) is 2. The highest BCUT2D eigenvalue weighted by molar-refractivity contribution is 6.42. The van der Waals surface area contributed by atoms with Crippen molar-refractivity contribution in [3.05, 3.63) is 63.9 Å². The second kappa shape index (κ2) is 6.19. The highest BCUT2D eigenvalue weighted by Crippen LogP contribution is 2.26. The van der Waals surface area contributed by atoms with Crippen LogP contribution in [0.25, 0.3) is 0 Å². The number of hydrogen-bond donors (Lipinski definition) is 1. The van der Waals surface area contributed by atoms with Crippen LogP contribution >= 0.6 is 23.2 Å². The van der Waals surface area contributed by atoms with Gasteiger partial charge in [-0.2, -0.15) is 0 Å². The van der Waals surface area contributed by atoms with Crippen molar-refractivity contribution in [1.82, 2.24) is 4.98 Å². The highest BCUT2D eigenvalue weighted by Gasteiger charge is 2.11. The maximum atomic E-state index is 10.0. The number of pyridine rings is 1. The predicted octanol–water partition coefficient (Wildman–Crippen LogP) is 3.53. The molecule has 1 aromatic carbocycles. The van der Waals surface area contributed by atoms with E-state index in [1.165, 1.54) is 0 Å². The van der Waals surface area contributed by atoms with Crippen LogP contribution in [0.5, 0.6) is 0 Å². The largest absolute Gasteiger partial charge is 0.392 e. The molecule has 1 N–H and O–H groups in total. The van der Waals surface area contributed by atoms with E-state index < -0.39 is 6.10 Å². The fourth-order valence-electron chi connectivity index (χ4n) is 1.82. The average molecular weight is 282 g/mol. The molecule has 94 valence electrons. The molecule has 0 bridgehead atoms. The summed E-state index contributed by atoms with van der Waals surface area (Å²) in [4.78, 5) is 4.02. The van der Waals surface area contributed by atoms with Gasteiger partial charge in [-0.1, -0.05) is 41.4 Å². The molecule has 0 spiro atoms. The van der Waals surface area contributed by atoms with Crippen LogP contribution in [0.15, 0.2) is 42.7 Å². The van der Waals surface area contributed by atoms with Crippen molar-refractivity contribution in [1.29, 1.82) is 0 Å². The summed E-state index contributed by atoms with van der Waals surface area (Å²) in [7, 11) is 0. The Morgan fingerprint density at radius 2 is 1.94 bits per heavy atom. The van der Waals surface area contributed by atoms with Crippen molar-refractivity contribution in [3.63, 3.8) is 0 Å². The molecule has 1 unspecified atom stereocenters. The number of benzene rings is 1. The average Bonchev–Trinajstić information content (AvgIpc) is 2.36. The smallest absolute Gasteiger partial charge is 0.0625 e. The number of aromatic nitrogens is 1. The van der Waals surface area contributed by atoms with Crippen LogP contribution in [0.1, 0.15) is 11.1 Å². The number of halogens is 2. The third-order valence-electron chi connectivity index (χ3n) is 2.68. The fraction of sp³-hybridized carbons (Fsp3) is 0.214. The van der Waals surface area contributed by atoms with E-state index >= 15 is 0 Å². The molecule has 0 aliphatic heterocycles. The lowest BCUT2D eigenvalue weighted by Crippen LogP contribution is -2.14. The van der Waals surface area contributed by atoms with Gasteiger partial charge in [0.1, 0.15) is 0 Å². The Bertz CT molecular complexity index is 516. The standard InChI is InChI=1S/C14H13Cl2NO/c15-13-5-1-4-11(14(13)16)8-12(18)7-10-3-2-6-17-9-10/h1-6,9,12,18H,7-8H2. The second-order valence-electron chi connectivity index (χ2n) is 4.14. The first-order valence-corrected chi connectivity index (χ1v) is 6.42. The van der Waals surface area contributed by atoms with Crippen LogP contribution in [0.2, 0.25) is 10.0 Å². The molecule has 0 aliphatic rings. The van der Waals surface area contributed by atoms with E-state index in [4.69, 9.17) is 23.2 Å². The minimum Gasteiger partial charge on any atom is -0.392 e. The Kier molecular flexibility index (Phi) is 4.59. The van der Waals surface area contributed by atoms with E-state index in [2.05, 4.69) is 4.98 Å². The zero-order chi connectivity index (χ0) is 13.0. The van der Waals surface area contributed by atoms with Crippen molar-refractivity contribution >= 4 is 23.2 Å². The highest BCUT2D eigenvalue weighted by atomic mass is 35.5. The molecular weight excluding hydrogens is 269 g/mol. The van der Waals surface area contributed by atoms with Crippen molar-refractivity contribution in [2.75, 3.05) is 0 Å². The second-order valence-corrected chi connectivity index (χ2v) is 4.92. The van der Waals surface area contributed by atoms with Crippen molar-refractivity contribution in [3.8, 4) is 0 Å². The Balaban J connectivity index is 2.03. The first-order chi connectivity index (χ1) is 8.66. The monoisotopic (exact) mass is 281 g/mol. The van der Waals surface area contributed by atoms with E-state index in [1.807, 2.05) is 24.3 Å². The van der Waals surface area contributed by atoms with Crippen LogP contribution in [-0.4, -0.2) is 16.2 Å². The van der Waals surface area contributed by atoms with Crippen molar-refractivity contribution in [2.45, 2.75) is 18.9 Å². The van der Waals surface area contributed by atoms with Gasteiger partial charge in [-0.25, -0.2) is 0 Å². The summed E-state index contributed by atoms with van der Waals surface area (Å²) in [6.45, 7) is 0. The SMILES string of the molecule is OC(Cc1cccnc1)Cc1cccc(Cl)c1Cl. The maximum absolute atomic E-state index is 10.0. The van der Waals surface area contributed by atoms with Gasteiger partial charge in [0.05, 0.1) is 16.1 Å². The molecule has 0 amide bonds. The zero-order valence-electron chi connectivity index (χ0n) is 9.68. The van der Waals surface area contributed by atoms with Gasteiger partial charge < -0.3 is 5.11 Å². The van der Waals surface area contributed by atoms with Crippen LogP contribution in [0.3, 0.4) is 0 Å². The summed E-state index contributed by atoms with van der Waals surface area (Å²) in [6.07, 6.45) is 4.00. The molecule has 0 aliphatic carbocycles. The minimum absolute atomic E-state index is 0.480. The van der Waals surface area contributed by atoms with Gasteiger partial charge in [0.15, 0.2) is 0 Å². The Morgan fingerprint density at radius 3 is 2.67 bits per heavy atom. The molecule has 2 nitrogen and oxygen atoms in total. The molecule has 1 heterocycles. The van der Waals surface area contributed by atoms with E-state index in [0.717, 1.165) is 11.1 Å². The number of nitrogens with zero attached hydrogens (tertiary/aromatic N) is 1. The first kappa shape index (κ1) is 13.3. The lowest BCUT2D eigenvalue weighted by atomic mass is 10.0. The lowest BCUT2D eigenvalue weighted by Gasteiger charge is -2.12. The van der Waals surface area contributed by atoms with Gasteiger partial charge in [-0.05, 0) is 23.3 Å². The third kappa shape index (κ3) is 3.45. The quantitative estimate of drug-likeness (QED) is 0.930. The summed E-state index contributed by atoms with van der Waals surface area (Å²) >= 11 is 12.0. The molecule has 0 fully saturated rings. The van der Waals surface area contributed by atoms with Gasteiger partial charge in [-0.3, -0.25) is 4.98 Å². The summed E-state index contributed by atoms with van der Waals surface area (Å²) < 4.78 is 0. The molecule has 0 saturated carbocycles. The van der Waals surface area contributed by atoms with E-state index in [-0.39, 0.29) is 0 Å². The fourth-order valence-corrected chi connectivity index (χ4v) is 2.22. The van der Waals surface area contributed by atoms with Gasteiger partial charge in [-0.15, -0.1) is 0 Å². The van der Waals surface area contributed by atoms with Crippen LogP contribution < -0.4 is 0 Å².